The smallest absolute Gasteiger partial charge is 0.105 e. The van der Waals surface area contributed by atoms with Crippen LogP contribution in [0.3, 0.4) is 0 Å². The van der Waals surface area contributed by atoms with Crippen molar-refractivity contribution in [3.63, 3.8) is 0 Å². The molecule has 1 heterocycles. The van der Waals surface area contributed by atoms with Crippen molar-refractivity contribution < 1.29 is 0 Å². The monoisotopic (exact) mass is 243 g/mol. The van der Waals surface area contributed by atoms with Gasteiger partial charge < -0.3 is 9.88 Å². The van der Waals surface area contributed by atoms with Crippen LogP contribution in [0.4, 0.5) is 5.69 Å². The van der Waals surface area contributed by atoms with Crippen LogP contribution in [0.15, 0.2) is 36.7 Å². The SMILES string of the molecule is CCCc1ccc(NCCn2ccnc2C)cc1. The lowest BCUT2D eigenvalue weighted by Gasteiger charge is -2.09. The molecule has 0 radical (unpaired) electrons. The first-order valence-corrected chi connectivity index (χ1v) is 6.60. The highest BCUT2D eigenvalue weighted by molar-refractivity contribution is 5.44. The molecule has 0 saturated carbocycles. The number of anilines is 1. The molecule has 0 saturated heterocycles. The summed E-state index contributed by atoms with van der Waals surface area (Å²) < 4.78 is 2.15. The molecule has 2 aromatic rings. The number of aryl methyl sites for hydroxylation is 2. The fourth-order valence-corrected chi connectivity index (χ4v) is 2.04. The van der Waals surface area contributed by atoms with Gasteiger partial charge in [0.25, 0.3) is 0 Å². The Bertz CT molecular complexity index is 471. The summed E-state index contributed by atoms with van der Waals surface area (Å²) in [5.74, 6) is 1.06. The Labute approximate surface area is 109 Å². The van der Waals surface area contributed by atoms with Gasteiger partial charge in [0, 0.05) is 31.2 Å². The van der Waals surface area contributed by atoms with Crippen molar-refractivity contribution in [1.82, 2.24) is 9.55 Å². The van der Waals surface area contributed by atoms with E-state index in [-0.39, 0.29) is 0 Å². The molecule has 0 aliphatic rings. The van der Waals surface area contributed by atoms with Crippen LogP contribution >= 0.6 is 0 Å². The zero-order chi connectivity index (χ0) is 12.8. The minimum atomic E-state index is 0.921. The Morgan fingerprint density at radius 2 is 2.00 bits per heavy atom. The summed E-state index contributed by atoms with van der Waals surface area (Å²) in [6.45, 7) is 6.10. The molecule has 1 N–H and O–H groups in total. The number of benzene rings is 1. The lowest BCUT2D eigenvalue weighted by molar-refractivity contribution is 0.701. The van der Waals surface area contributed by atoms with Gasteiger partial charge in [-0.05, 0) is 31.0 Å². The van der Waals surface area contributed by atoms with Gasteiger partial charge >= 0.3 is 0 Å². The van der Waals surface area contributed by atoms with E-state index in [2.05, 4.69) is 46.1 Å². The van der Waals surface area contributed by atoms with Gasteiger partial charge in [-0.25, -0.2) is 4.98 Å². The molecule has 0 fully saturated rings. The molecule has 3 heteroatoms. The van der Waals surface area contributed by atoms with Gasteiger partial charge in [-0.15, -0.1) is 0 Å². The maximum Gasteiger partial charge on any atom is 0.105 e. The second-order valence-corrected chi connectivity index (χ2v) is 4.54. The number of imidazole rings is 1. The van der Waals surface area contributed by atoms with E-state index in [4.69, 9.17) is 0 Å². The summed E-state index contributed by atoms with van der Waals surface area (Å²) >= 11 is 0. The molecule has 18 heavy (non-hydrogen) atoms. The zero-order valence-corrected chi connectivity index (χ0v) is 11.2. The van der Waals surface area contributed by atoms with Gasteiger partial charge in [-0.2, -0.15) is 0 Å². The van der Waals surface area contributed by atoms with Crippen molar-refractivity contribution in [1.29, 1.82) is 0 Å². The topological polar surface area (TPSA) is 29.9 Å². The molecule has 3 nitrogen and oxygen atoms in total. The van der Waals surface area contributed by atoms with Crippen molar-refractivity contribution in [3.05, 3.63) is 48.0 Å². The van der Waals surface area contributed by atoms with E-state index >= 15 is 0 Å². The minimum Gasteiger partial charge on any atom is -0.383 e. The molecule has 96 valence electrons. The number of nitrogens with one attached hydrogen (secondary N) is 1. The maximum atomic E-state index is 4.21. The molecular formula is C15H21N3. The summed E-state index contributed by atoms with van der Waals surface area (Å²) in [5.41, 5.74) is 2.60. The molecule has 0 aliphatic heterocycles. The molecule has 2 rings (SSSR count). The third-order valence-electron chi connectivity index (χ3n) is 3.10. The lowest BCUT2D eigenvalue weighted by atomic mass is 10.1. The lowest BCUT2D eigenvalue weighted by Crippen LogP contribution is -2.10. The van der Waals surface area contributed by atoms with Crippen LogP contribution in [-0.2, 0) is 13.0 Å². The Kier molecular flexibility index (Phi) is 4.40. The molecule has 1 aromatic heterocycles. The van der Waals surface area contributed by atoms with Crippen molar-refractivity contribution in [2.75, 3.05) is 11.9 Å². The Hall–Kier alpha value is -1.77. The third-order valence-corrected chi connectivity index (χ3v) is 3.10. The maximum absolute atomic E-state index is 4.21. The average Bonchev–Trinajstić information content (AvgIpc) is 2.78. The van der Waals surface area contributed by atoms with E-state index in [1.54, 1.807) is 0 Å². The van der Waals surface area contributed by atoms with Crippen LogP contribution < -0.4 is 5.32 Å². The molecule has 1 aromatic carbocycles. The van der Waals surface area contributed by atoms with Gasteiger partial charge in [-0.3, -0.25) is 0 Å². The summed E-state index contributed by atoms with van der Waals surface area (Å²) in [4.78, 5) is 4.21. The standard InChI is InChI=1S/C15H21N3/c1-3-4-14-5-7-15(8-6-14)17-10-12-18-11-9-16-13(18)2/h5-9,11,17H,3-4,10,12H2,1-2H3. The largest absolute Gasteiger partial charge is 0.383 e. The van der Waals surface area contributed by atoms with Gasteiger partial charge in [-0.1, -0.05) is 25.5 Å². The first-order chi connectivity index (χ1) is 8.79. The fourth-order valence-electron chi connectivity index (χ4n) is 2.04. The summed E-state index contributed by atoms with van der Waals surface area (Å²) in [6.07, 6.45) is 6.22. The number of hydrogen-bond donors (Lipinski definition) is 1. The predicted molar refractivity (Wildman–Crippen MR) is 75.9 cm³/mol. The molecule has 0 amide bonds. The van der Waals surface area contributed by atoms with Crippen molar-refractivity contribution >= 4 is 5.69 Å². The van der Waals surface area contributed by atoms with Crippen LogP contribution in [0.1, 0.15) is 24.7 Å². The van der Waals surface area contributed by atoms with Crippen molar-refractivity contribution in [3.8, 4) is 0 Å². The predicted octanol–water partition coefficient (Wildman–Crippen LogP) is 3.26. The summed E-state index contributed by atoms with van der Waals surface area (Å²) in [6, 6.07) is 8.72. The Morgan fingerprint density at radius 1 is 1.22 bits per heavy atom. The van der Waals surface area contributed by atoms with E-state index in [9.17, 15) is 0 Å². The molecular weight excluding hydrogens is 222 g/mol. The third kappa shape index (κ3) is 3.36. The first kappa shape index (κ1) is 12.7. The van der Waals surface area contributed by atoms with E-state index in [0.29, 0.717) is 0 Å². The van der Waals surface area contributed by atoms with E-state index in [1.165, 1.54) is 17.7 Å². The number of rotatable bonds is 6. The highest BCUT2D eigenvalue weighted by atomic mass is 15.1. The zero-order valence-electron chi connectivity index (χ0n) is 11.2. The highest BCUT2D eigenvalue weighted by Gasteiger charge is 1.97. The normalized spacial score (nSPS) is 10.6. The Morgan fingerprint density at radius 3 is 2.61 bits per heavy atom. The van der Waals surface area contributed by atoms with Gasteiger partial charge in [0.05, 0.1) is 0 Å². The molecule has 0 aliphatic carbocycles. The minimum absolute atomic E-state index is 0.921. The van der Waals surface area contributed by atoms with Crippen LogP contribution in [0.5, 0.6) is 0 Å². The van der Waals surface area contributed by atoms with E-state index < -0.39 is 0 Å². The van der Waals surface area contributed by atoms with Crippen molar-refractivity contribution in [2.24, 2.45) is 0 Å². The summed E-state index contributed by atoms with van der Waals surface area (Å²) in [5, 5.41) is 3.43. The molecule has 0 unspecified atom stereocenters. The van der Waals surface area contributed by atoms with Crippen LogP contribution in [0, 0.1) is 6.92 Å². The van der Waals surface area contributed by atoms with Crippen LogP contribution in [-0.4, -0.2) is 16.1 Å². The molecule has 0 atom stereocenters. The summed E-state index contributed by atoms with van der Waals surface area (Å²) in [7, 11) is 0. The average molecular weight is 243 g/mol. The quantitative estimate of drug-likeness (QED) is 0.844. The van der Waals surface area contributed by atoms with Crippen molar-refractivity contribution in [2.45, 2.75) is 33.2 Å². The molecule has 0 bridgehead atoms. The Balaban J connectivity index is 1.81. The van der Waals surface area contributed by atoms with Crippen LogP contribution in [0.2, 0.25) is 0 Å². The second-order valence-electron chi connectivity index (χ2n) is 4.54. The number of hydrogen-bond acceptors (Lipinski definition) is 2. The highest BCUT2D eigenvalue weighted by Crippen LogP contribution is 2.10. The van der Waals surface area contributed by atoms with Gasteiger partial charge in [0.1, 0.15) is 5.82 Å². The van der Waals surface area contributed by atoms with E-state index in [1.807, 2.05) is 19.3 Å². The first-order valence-electron chi connectivity index (χ1n) is 6.60. The van der Waals surface area contributed by atoms with Gasteiger partial charge in [0.15, 0.2) is 0 Å². The van der Waals surface area contributed by atoms with Gasteiger partial charge in [0.2, 0.25) is 0 Å². The number of aromatic nitrogens is 2. The molecule has 0 spiro atoms. The van der Waals surface area contributed by atoms with E-state index in [0.717, 1.165) is 25.3 Å². The second kappa shape index (κ2) is 6.24. The fraction of sp³-hybridized carbons (Fsp3) is 0.400. The number of nitrogens with zero attached hydrogens (tertiary/aromatic N) is 2. The van der Waals surface area contributed by atoms with Crippen LogP contribution in [0.25, 0.3) is 0 Å².